The Morgan fingerprint density at radius 2 is 1.84 bits per heavy atom. The van der Waals surface area contributed by atoms with Gasteiger partial charge in [-0.25, -0.2) is 0 Å². The van der Waals surface area contributed by atoms with Gasteiger partial charge in [-0.1, -0.05) is 30.0 Å². The molecule has 4 nitrogen and oxygen atoms in total. The van der Waals surface area contributed by atoms with Crippen LogP contribution < -0.4 is 5.73 Å². The van der Waals surface area contributed by atoms with Gasteiger partial charge in [0.25, 0.3) is 5.69 Å². The van der Waals surface area contributed by atoms with Crippen LogP contribution >= 0.6 is 15.9 Å². The van der Waals surface area contributed by atoms with Crippen molar-refractivity contribution in [3.8, 4) is 11.8 Å². The van der Waals surface area contributed by atoms with E-state index in [0.717, 1.165) is 5.56 Å². The lowest BCUT2D eigenvalue weighted by Gasteiger charge is -2.00. The first-order valence-corrected chi connectivity index (χ1v) is 6.17. The Kier molecular flexibility index (Phi) is 3.83. The summed E-state index contributed by atoms with van der Waals surface area (Å²) in [6.07, 6.45) is 0. The first kappa shape index (κ1) is 13.1. The quantitative estimate of drug-likeness (QED) is 0.379. The molecule has 0 aliphatic rings. The fourth-order valence-corrected chi connectivity index (χ4v) is 1.82. The molecule has 0 radical (unpaired) electrons. The third kappa shape index (κ3) is 3.12. The number of nitrogen functional groups attached to an aromatic ring is 1. The average molecular weight is 317 g/mol. The summed E-state index contributed by atoms with van der Waals surface area (Å²) in [5.74, 6) is 5.66. The van der Waals surface area contributed by atoms with E-state index in [1.54, 1.807) is 0 Å². The summed E-state index contributed by atoms with van der Waals surface area (Å²) in [5, 5.41) is 11.0. The number of nitro groups is 1. The second kappa shape index (κ2) is 5.55. The van der Waals surface area contributed by atoms with Gasteiger partial charge >= 0.3 is 0 Å². The third-order valence-electron chi connectivity index (χ3n) is 2.43. The SMILES string of the molecule is Nc1cc(C#Cc2ccccc2)c([N+](=O)[O-])cc1Br. The number of rotatable bonds is 1. The molecule has 0 saturated carbocycles. The number of nitrogens with two attached hydrogens (primary N) is 1. The molecule has 2 aromatic rings. The van der Waals surface area contributed by atoms with E-state index < -0.39 is 4.92 Å². The van der Waals surface area contributed by atoms with Crippen molar-refractivity contribution < 1.29 is 4.92 Å². The molecule has 0 aliphatic carbocycles. The molecule has 2 aromatic carbocycles. The molecule has 0 aromatic heterocycles. The summed E-state index contributed by atoms with van der Waals surface area (Å²) in [6, 6.07) is 12.1. The molecule has 2 N–H and O–H groups in total. The van der Waals surface area contributed by atoms with Gasteiger partial charge in [0.1, 0.15) is 5.56 Å². The molecule has 0 spiro atoms. The van der Waals surface area contributed by atoms with E-state index in [1.807, 2.05) is 30.3 Å². The zero-order valence-corrected chi connectivity index (χ0v) is 11.3. The van der Waals surface area contributed by atoms with Crippen molar-refractivity contribution in [3.63, 3.8) is 0 Å². The van der Waals surface area contributed by atoms with Crippen molar-refractivity contribution in [1.29, 1.82) is 0 Å². The topological polar surface area (TPSA) is 69.2 Å². The molecule has 94 valence electrons. The number of anilines is 1. The molecule has 0 aliphatic heterocycles. The van der Waals surface area contributed by atoms with E-state index in [4.69, 9.17) is 5.73 Å². The van der Waals surface area contributed by atoms with Crippen LogP contribution in [0.5, 0.6) is 0 Å². The monoisotopic (exact) mass is 316 g/mol. The molecular weight excluding hydrogens is 308 g/mol. The van der Waals surface area contributed by atoms with Crippen molar-refractivity contribution in [3.05, 3.63) is 68.2 Å². The highest BCUT2D eigenvalue weighted by Gasteiger charge is 2.14. The van der Waals surface area contributed by atoms with Gasteiger partial charge in [-0.3, -0.25) is 10.1 Å². The molecule has 0 fully saturated rings. The number of nitro benzene ring substituents is 1. The van der Waals surface area contributed by atoms with Crippen molar-refractivity contribution in [1.82, 2.24) is 0 Å². The number of hydrogen-bond acceptors (Lipinski definition) is 3. The predicted molar refractivity (Wildman–Crippen MR) is 77.6 cm³/mol. The highest BCUT2D eigenvalue weighted by molar-refractivity contribution is 9.10. The van der Waals surface area contributed by atoms with Crippen LogP contribution in [-0.4, -0.2) is 4.92 Å². The number of benzene rings is 2. The summed E-state index contributed by atoms with van der Waals surface area (Å²) in [4.78, 5) is 10.5. The highest BCUT2D eigenvalue weighted by Crippen LogP contribution is 2.28. The van der Waals surface area contributed by atoms with Gasteiger partial charge < -0.3 is 5.73 Å². The molecule has 0 saturated heterocycles. The summed E-state index contributed by atoms with van der Waals surface area (Å²) in [7, 11) is 0. The van der Waals surface area contributed by atoms with Gasteiger partial charge in [0, 0.05) is 21.8 Å². The van der Waals surface area contributed by atoms with Gasteiger partial charge in [-0.05, 0) is 34.1 Å². The lowest BCUT2D eigenvalue weighted by atomic mass is 10.1. The molecule has 19 heavy (non-hydrogen) atoms. The summed E-state index contributed by atoms with van der Waals surface area (Å²) >= 11 is 3.17. The zero-order chi connectivity index (χ0) is 13.8. The van der Waals surface area contributed by atoms with Crippen LogP contribution in [0.25, 0.3) is 0 Å². The fraction of sp³-hybridized carbons (Fsp3) is 0. The van der Waals surface area contributed by atoms with Crippen LogP contribution in [0.1, 0.15) is 11.1 Å². The van der Waals surface area contributed by atoms with E-state index >= 15 is 0 Å². The van der Waals surface area contributed by atoms with Gasteiger partial charge in [0.15, 0.2) is 0 Å². The minimum absolute atomic E-state index is 0.0653. The van der Waals surface area contributed by atoms with E-state index in [-0.39, 0.29) is 5.69 Å². The maximum atomic E-state index is 11.0. The molecule has 5 heteroatoms. The van der Waals surface area contributed by atoms with Gasteiger partial charge in [0.2, 0.25) is 0 Å². The number of nitrogens with zero attached hydrogens (tertiary/aromatic N) is 1. The maximum Gasteiger partial charge on any atom is 0.286 e. The van der Waals surface area contributed by atoms with Crippen molar-refractivity contribution >= 4 is 27.3 Å². The normalized spacial score (nSPS) is 9.53. The molecule has 0 atom stereocenters. The largest absolute Gasteiger partial charge is 0.398 e. The highest BCUT2D eigenvalue weighted by atomic mass is 79.9. The Bertz CT molecular complexity index is 688. The minimum Gasteiger partial charge on any atom is -0.398 e. The van der Waals surface area contributed by atoms with Crippen LogP contribution in [0, 0.1) is 22.0 Å². The lowest BCUT2D eigenvalue weighted by molar-refractivity contribution is -0.385. The van der Waals surface area contributed by atoms with Crippen molar-refractivity contribution in [2.75, 3.05) is 5.73 Å². The first-order chi connectivity index (χ1) is 9.08. The first-order valence-electron chi connectivity index (χ1n) is 5.38. The predicted octanol–water partition coefficient (Wildman–Crippen LogP) is 3.34. The molecule has 0 amide bonds. The second-order valence-electron chi connectivity index (χ2n) is 3.76. The second-order valence-corrected chi connectivity index (χ2v) is 4.62. The van der Waals surface area contributed by atoms with Gasteiger partial charge in [-0.15, -0.1) is 0 Å². The Hall–Kier alpha value is -2.32. The van der Waals surface area contributed by atoms with Crippen molar-refractivity contribution in [2.24, 2.45) is 0 Å². The molecule has 0 bridgehead atoms. The van der Waals surface area contributed by atoms with Crippen LogP contribution in [0.2, 0.25) is 0 Å². The number of halogens is 1. The maximum absolute atomic E-state index is 11.0. The minimum atomic E-state index is -0.473. The fourth-order valence-electron chi connectivity index (χ4n) is 1.49. The van der Waals surface area contributed by atoms with E-state index in [1.165, 1.54) is 12.1 Å². The van der Waals surface area contributed by atoms with Crippen LogP contribution in [0.15, 0.2) is 46.9 Å². The van der Waals surface area contributed by atoms with E-state index in [9.17, 15) is 10.1 Å². The number of hydrogen-bond donors (Lipinski definition) is 1. The Morgan fingerprint density at radius 1 is 1.16 bits per heavy atom. The van der Waals surface area contributed by atoms with Crippen LogP contribution in [0.3, 0.4) is 0 Å². The Morgan fingerprint density at radius 3 is 2.47 bits per heavy atom. The third-order valence-corrected chi connectivity index (χ3v) is 3.11. The van der Waals surface area contributed by atoms with E-state index in [2.05, 4.69) is 27.8 Å². The van der Waals surface area contributed by atoms with Crippen LogP contribution in [0.4, 0.5) is 11.4 Å². The Balaban J connectivity index is 2.48. The van der Waals surface area contributed by atoms with Gasteiger partial charge in [-0.2, -0.15) is 0 Å². The summed E-state index contributed by atoms with van der Waals surface area (Å²) in [6.45, 7) is 0. The van der Waals surface area contributed by atoms with Crippen LogP contribution in [-0.2, 0) is 0 Å². The molecule has 0 heterocycles. The molecule has 0 unspecified atom stereocenters. The van der Waals surface area contributed by atoms with Gasteiger partial charge in [0.05, 0.1) is 4.92 Å². The van der Waals surface area contributed by atoms with Crippen molar-refractivity contribution in [2.45, 2.75) is 0 Å². The zero-order valence-electron chi connectivity index (χ0n) is 9.76. The smallest absolute Gasteiger partial charge is 0.286 e. The lowest BCUT2D eigenvalue weighted by Crippen LogP contribution is -1.95. The average Bonchev–Trinajstić information content (AvgIpc) is 2.40. The molecule has 2 rings (SSSR count). The Labute approximate surface area is 118 Å². The molecular formula is C14H9BrN2O2. The standard InChI is InChI=1S/C14H9BrN2O2/c15-12-9-14(17(18)19)11(8-13(12)16)7-6-10-4-2-1-3-5-10/h1-5,8-9H,16H2. The van der Waals surface area contributed by atoms with E-state index in [0.29, 0.717) is 15.7 Å². The summed E-state index contributed by atoms with van der Waals surface area (Å²) in [5.41, 5.74) is 7.17. The summed E-state index contributed by atoms with van der Waals surface area (Å²) < 4.78 is 0.490.